The van der Waals surface area contributed by atoms with Crippen molar-refractivity contribution in [2.75, 3.05) is 0 Å². The molecule has 3 aliphatic rings. The van der Waals surface area contributed by atoms with Crippen molar-refractivity contribution in [2.24, 2.45) is 29.4 Å². The topological polar surface area (TPSA) is 158 Å². The van der Waals surface area contributed by atoms with Crippen molar-refractivity contribution >= 4 is 29.3 Å². The Bertz CT molecular complexity index is 1280. The van der Waals surface area contributed by atoms with Crippen LogP contribution in [0, 0.1) is 36.0 Å². The molecular weight excluding hydrogens is 438 g/mol. The van der Waals surface area contributed by atoms with Crippen molar-refractivity contribution in [3.05, 3.63) is 51.8 Å². The number of carbonyl (C=O) groups excluding carboxylic acids is 3. The molecule has 0 spiro atoms. The summed E-state index contributed by atoms with van der Waals surface area (Å²) in [5, 5.41) is 44.0. The van der Waals surface area contributed by atoms with E-state index < -0.39 is 57.9 Å². The third kappa shape index (κ3) is 3.01. The zero-order valence-electron chi connectivity index (χ0n) is 18.7. The predicted octanol–water partition coefficient (Wildman–Crippen LogP) is 1.95. The van der Waals surface area contributed by atoms with E-state index in [9.17, 15) is 34.8 Å². The average molecular weight is 463 g/mol. The van der Waals surface area contributed by atoms with Crippen LogP contribution in [0.4, 0.5) is 0 Å². The lowest BCUT2D eigenvalue weighted by atomic mass is 9.54. The van der Waals surface area contributed by atoms with Gasteiger partial charge in [0.15, 0.2) is 11.4 Å². The Labute approximate surface area is 196 Å². The molecule has 0 unspecified atom stereocenters. The number of carbonyl (C=O) groups is 3. The van der Waals surface area contributed by atoms with Gasteiger partial charge in [0, 0.05) is 17.4 Å². The Balaban J connectivity index is 1.98. The van der Waals surface area contributed by atoms with Crippen molar-refractivity contribution in [1.29, 1.82) is 0 Å². The number of aliphatic hydroxyl groups is 3. The molecule has 0 saturated heterocycles. The number of rotatable bonds is 3. The van der Waals surface area contributed by atoms with Crippen LogP contribution in [0.5, 0.6) is 5.75 Å². The Morgan fingerprint density at radius 1 is 1.26 bits per heavy atom. The fourth-order valence-electron chi connectivity index (χ4n) is 5.80. The summed E-state index contributed by atoms with van der Waals surface area (Å²) in [4.78, 5) is 38.8. The minimum absolute atomic E-state index is 0.0340. The maximum absolute atomic E-state index is 13.7. The van der Waals surface area contributed by atoms with Gasteiger partial charge in [-0.15, -0.1) is 6.42 Å². The van der Waals surface area contributed by atoms with Crippen LogP contribution in [-0.4, -0.2) is 43.5 Å². The number of benzene rings is 1. The van der Waals surface area contributed by atoms with Gasteiger partial charge >= 0.3 is 0 Å². The van der Waals surface area contributed by atoms with E-state index >= 15 is 0 Å². The number of ketones is 2. The van der Waals surface area contributed by atoms with Crippen molar-refractivity contribution < 1.29 is 34.8 Å². The summed E-state index contributed by atoms with van der Waals surface area (Å²) in [6.45, 7) is 3.43. The van der Waals surface area contributed by atoms with E-state index in [2.05, 4.69) is 5.92 Å². The van der Waals surface area contributed by atoms with E-state index in [1.807, 2.05) is 0 Å². The van der Waals surface area contributed by atoms with Crippen molar-refractivity contribution in [3.63, 3.8) is 0 Å². The van der Waals surface area contributed by atoms with Gasteiger partial charge in [-0.2, -0.15) is 0 Å². The van der Waals surface area contributed by atoms with Gasteiger partial charge in [-0.1, -0.05) is 25.8 Å². The monoisotopic (exact) mass is 463 g/mol. The zero-order valence-corrected chi connectivity index (χ0v) is 18.7. The zero-order chi connectivity index (χ0) is 25.1. The molecule has 0 aliphatic heterocycles. The highest BCUT2D eigenvalue weighted by Crippen LogP contribution is 2.54. The van der Waals surface area contributed by atoms with Crippen LogP contribution in [0.2, 0.25) is 0 Å². The van der Waals surface area contributed by atoms with Gasteiger partial charge in [0.05, 0.1) is 5.56 Å². The number of fused-ring (bicyclic) bond motifs is 3. The lowest BCUT2D eigenvalue weighted by molar-refractivity contribution is -0.155. The number of aliphatic hydroxyl groups excluding tert-OH is 2. The van der Waals surface area contributed by atoms with Gasteiger partial charge in [0.2, 0.25) is 5.78 Å². The van der Waals surface area contributed by atoms with E-state index in [0.717, 1.165) is 0 Å². The second-order valence-electron chi connectivity index (χ2n) is 9.35. The smallest absolute Gasteiger partial charge is 0.255 e. The van der Waals surface area contributed by atoms with Crippen LogP contribution in [-0.2, 0) is 20.8 Å². The van der Waals surface area contributed by atoms with Crippen LogP contribution in [0.3, 0.4) is 0 Å². The van der Waals surface area contributed by atoms with Gasteiger partial charge in [-0.3, -0.25) is 14.4 Å². The van der Waals surface area contributed by atoms with Crippen LogP contribution in [0.15, 0.2) is 35.1 Å². The number of aromatic hydroxyl groups is 1. The summed E-state index contributed by atoms with van der Waals surface area (Å²) >= 11 is 0. The minimum Gasteiger partial charge on any atom is -0.508 e. The second-order valence-corrected chi connectivity index (χ2v) is 9.35. The first-order chi connectivity index (χ1) is 16.0. The standard InChI is InChI=1S/C26H25NO7/c1-4-5-6-12-7-8-16(28)19-14(12)9-13-10-15-17(11(2)3)21(29)20(25(27)33)24(32)26(15,34)23(31)18(13)22(19)30/h1,5-8,11,13,15,17,28,30,32,34H,9-10H2,2-3H3,(H2,27,33)/b6-5+/t13-,15-,17-,26-/m0/s1. The largest absolute Gasteiger partial charge is 0.508 e. The van der Waals surface area contributed by atoms with Gasteiger partial charge in [0.25, 0.3) is 5.91 Å². The molecule has 1 amide bonds. The molecule has 3 aliphatic carbocycles. The summed E-state index contributed by atoms with van der Waals surface area (Å²) in [6, 6.07) is 2.99. The molecule has 0 bridgehead atoms. The van der Waals surface area contributed by atoms with E-state index in [1.54, 1.807) is 26.0 Å². The van der Waals surface area contributed by atoms with Gasteiger partial charge in [0.1, 0.15) is 22.8 Å². The van der Waals surface area contributed by atoms with Crippen molar-refractivity contribution in [2.45, 2.75) is 32.3 Å². The molecular formula is C26H25NO7. The number of phenols is 1. The summed E-state index contributed by atoms with van der Waals surface area (Å²) in [5.41, 5.74) is 2.98. The van der Waals surface area contributed by atoms with Crippen LogP contribution >= 0.6 is 0 Å². The average Bonchev–Trinajstić information content (AvgIpc) is 2.75. The molecule has 1 fully saturated rings. The van der Waals surface area contributed by atoms with E-state index in [0.29, 0.717) is 11.1 Å². The molecule has 4 rings (SSSR count). The number of nitrogens with two attached hydrogens (primary N) is 1. The summed E-state index contributed by atoms with van der Waals surface area (Å²) in [6.07, 6.45) is 8.72. The lowest BCUT2D eigenvalue weighted by Gasteiger charge is -2.50. The number of allylic oxidation sites excluding steroid dienone is 1. The third-order valence-electron chi connectivity index (χ3n) is 7.25. The Morgan fingerprint density at radius 3 is 2.53 bits per heavy atom. The third-order valence-corrected chi connectivity index (χ3v) is 7.25. The fourth-order valence-corrected chi connectivity index (χ4v) is 5.80. The highest BCUT2D eigenvalue weighted by Gasteiger charge is 2.64. The van der Waals surface area contributed by atoms with E-state index in [-0.39, 0.29) is 35.6 Å². The molecule has 8 nitrogen and oxygen atoms in total. The lowest BCUT2D eigenvalue weighted by Crippen LogP contribution is -2.62. The molecule has 1 aromatic rings. The maximum atomic E-state index is 13.7. The molecule has 0 radical (unpaired) electrons. The predicted molar refractivity (Wildman–Crippen MR) is 123 cm³/mol. The number of primary amides is 1. The normalized spacial score (nSPS) is 28.6. The molecule has 0 aromatic heterocycles. The first-order valence-corrected chi connectivity index (χ1v) is 10.9. The van der Waals surface area contributed by atoms with Crippen molar-refractivity contribution in [1.82, 2.24) is 0 Å². The maximum Gasteiger partial charge on any atom is 0.255 e. The number of Topliss-reactive ketones (excluding diaryl/α,β-unsaturated/α-hetero) is 2. The van der Waals surface area contributed by atoms with E-state index in [4.69, 9.17) is 12.2 Å². The molecule has 8 heteroatoms. The molecule has 34 heavy (non-hydrogen) atoms. The highest BCUT2D eigenvalue weighted by atomic mass is 16.3. The summed E-state index contributed by atoms with van der Waals surface area (Å²) < 4.78 is 0. The number of terminal acetylenes is 1. The quantitative estimate of drug-likeness (QED) is 0.338. The molecule has 176 valence electrons. The Morgan fingerprint density at radius 2 is 1.94 bits per heavy atom. The van der Waals surface area contributed by atoms with E-state index in [1.165, 1.54) is 12.1 Å². The first-order valence-electron chi connectivity index (χ1n) is 10.9. The number of hydrogen-bond acceptors (Lipinski definition) is 7. The van der Waals surface area contributed by atoms with Crippen LogP contribution < -0.4 is 5.73 Å². The molecule has 0 heterocycles. The number of phenolic OH excluding ortho intramolecular Hbond substituents is 1. The van der Waals surface area contributed by atoms with Crippen LogP contribution in [0.1, 0.15) is 37.0 Å². The SMILES string of the molecule is C#C/C=C/c1ccc(O)c2c1C[C@H]1C[C@H]3[C@H](C(C)C)C(=O)C(C(N)=O)=C(O)[C@@]3(O)C(=O)C1=C2O. The molecule has 4 atom stereocenters. The minimum atomic E-state index is -2.61. The highest BCUT2D eigenvalue weighted by molar-refractivity contribution is 6.23. The number of amides is 1. The molecule has 1 aromatic carbocycles. The van der Waals surface area contributed by atoms with Gasteiger partial charge in [-0.25, -0.2) is 0 Å². The second kappa shape index (κ2) is 7.89. The Kier molecular flexibility index (Phi) is 5.41. The summed E-state index contributed by atoms with van der Waals surface area (Å²) in [7, 11) is 0. The Hall–Kier alpha value is -3.83. The van der Waals surface area contributed by atoms with Gasteiger partial charge < -0.3 is 26.2 Å². The van der Waals surface area contributed by atoms with Crippen molar-refractivity contribution in [3.8, 4) is 18.1 Å². The van der Waals surface area contributed by atoms with Crippen LogP contribution in [0.25, 0.3) is 11.8 Å². The summed E-state index contributed by atoms with van der Waals surface area (Å²) in [5.74, 6) is -5.47. The first kappa shape index (κ1) is 23.3. The number of hydrogen-bond donors (Lipinski definition) is 5. The fraction of sp³-hybridized carbons (Fsp3) is 0.346. The molecule has 1 saturated carbocycles. The van der Waals surface area contributed by atoms with Gasteiger partial charge in [-0.05, 0) is 54.0 Å². The molecule has 6 N–H and O–H groups in total.